The number of likely N-dealkylation sites (tertiary alicyclic amines) is 1. The topological polar surface area (TPSA) is 38.5 Å². The third-order valence-corrected chi connectivity index (χ3v) is 6.12. The van der Waals surface area contributed by atoms with Crippen LogP contribution in [-0.2, 0) is 11.8 Å². The number of benzene rings is 1. The summed E-state index contributed by atoms with van der Waals surface area (Å²) in [5, 5.41) is 0. The molecule has 4 heteroatoms. The highest BCUT2D eigenvalue weighted by atomic mass is 79.9. The zero-order chi connectivity index (χ0) is 18.4. The molecule has 2 aliphatic heterocycles. The second kappa shape index (κ2) is 6.81. The summed E-state index contributed by atoms with van der Waals surface area (Å²) < 4.78 is 7.53. The maximum atomic E-state index is 6.57. The summed E-state index contributed by atoms with van der Waals surface area (Å²) in [6.07, 6.45) is 7.58. The maximum absolute atomic E-state index is 6.57. The number of nitrogens with zero attached hydrogens (tertiary/aromatic N) is 1. The van der Waals surface area contributed by atoms with E-state index < -0.39 is 0 Å². The molecule has 0 amide bonds. The van der Waals surface area contributed by atoms with Gasteiger partial charge < -0.3 is 10.5 Å². The molecule has 2 N–H and O–H groups in total. The minimum absolute atomic E-state index is 0.0467. The number of hydrogen-bond donors (Lipinski definition) is 1. The zero-order valence-electron chi connectivity index (χ0n) is 15.9. The average Bonchev–Trinajstić information content (AvgIpc) is 3.03. The lowest BCUT2D eigenvalue weighted by Gasteiger charge is -2.29. The van der Waals surface area contributed by atoms with E-state index in [2.05, 4.69) is 73.8 Å². The summed E-state index contributed by atoms with van der Waals surface area (Å²) in [5.41, 5.74) is 12.5. The summed E-state index contributed by atoms with van der Waals surface area (Å²) in [5.74, 6) is 1.01. The van der Waals surface area contributed by atoms with Gasteiger partial charge >= 0.3 is 0 Å². The van der Waals surface area contributed by atoms with Gasteiger partial charge in [0.15, 0.2) is 6.23 Å². The Morgan fingerprint density at radius 1 is 1.32 bits per heavy atom. The van der Waals surface area contributed by atoms with Crippen molar-refractivity contribution in [3.8, 4) is 5.75 Å². The van der Waals surface area contributed by atoms with Crippen molar-refractivity contribution < 1.29 is 4.74 Å². The van der Waals surface area contributed by atoms with Gasteiger partial charge in [-0.1, -0.05) is 23.3 Å². The van der Waals surface area contributed by atoms with Gasteiger partial charge in [0.2, 0.25) is 0 Å². The molecule has 1 saturated heterocycles. The Balaban J connectivity index is 2.16. The van der Waals surface area contributed by atoms with E-state index >= 15 is 0 Å². The molecule has 2 atom stereocenters. The van der Waals surface area contributed by atoms with Crippen molar-refractivity contribution in [3.05, 3.63) is 45.0 Å². The van der Waals surface area contributed by atoms with Crippen LogP contribution in [0.5, 0.6) is 5.75 Å². The smallest absolute Gasteiger partial charge is 0.162 e. The number of halogens is 1. The Hall–Kier alpha value is -1.26. The molecular weight excluding hydrogens is 376 g/mol. The number of hydrogen-bond acceptors (Lipinski definition) is 3. The second-order valence-electron chi connectivity index (χ2n) is 7.96. The summed E-state index contributed by atoms with van der Waals surface area (Å²) in [6.45, 7) is 9.62. The molecule has 2 heterocycles. The van der Waals surface area contributed by atoms with Crippen molar-refractivity contribution in [1.82, 2.24) is 4.90 Å². The van der Waals surface area contributed by atoms with Crippen molar-refractivity contribution in [3.63, 3.8) is 0 Å². The lowest BCUT2D eigenvalue weighted by molar-refractivity contribution is 0.0580. The number of ether oxygens (including phenoxy) is 1. The van der Waals surface area contributed by atoms with Crippen LogP contribution >= 0.6 is 15.9 Å². The van der Waals surface area contributed by atoms with Crippen molar-refractivity contribution >= 4 is 21.6 Å². The Bertz CT molecular complexity index is 745. The van der Waals surface area contributed by atoms with E-state index in [9.17, 15) is 0 Å². The van der Waals surface area contributed by atoms with Gasteiger partial charge in [0.05, 0.1) is 11.1 Å². The number of fused-ring (bicyclic) bond motifs is 3. The molecule has 1 aromatic carbocycles. The molecule has 0 spiro atoms. The molecule has 0 bridgehead atoms. The number of anilines is 1. The monoisotopic (exact) mass is 404 g/mol. The normalized spacial score (nSPS) is 24.5. The fourth-order valence-corrected chi connectivity index (χ4v) is 4.56. The molecule has 0 aromatic heterocycles. The van der Waals surface area contributed by atoms with Crippen LogP contribution in [0.4, 0.5) is 5.69 Å². The molecule has 0 saturated carbocycles. The number of nitrogens with two attached hydrogens (primary N) is 1. The Morgan fingerprint density at radius 3 is 2.64 bits per heavy atom. The van der Waals surface area contributed by atoms with Crippen molar-refractivity contribution in [2.24, 2.45) is 0 Å². The average molecular weight is 405 g/mol. The third-order valence-electron chi connectivity index (χ3n) is 5.46. The molecule has 1 aromatic rings. The van der Waals surface area contributed by atoms with Gasteiger partial charge in [-0.05, 0) is 81.6 Å². The maximum Gasteiger partial charge on any atom is 0.162 e. The van der Waals surface area contributed by atoms with Crippen molar-refractivity contribution in [2.45, 2.75) is 58.6 Å². The molecule has 2 aliphatic rings. The first kappa shape index (κ1) is 18.5. The van der Waals surface area contributed by atoms with Crippen LogP contribution in [0.1, 0.15) is 51.7 Å². The molecular formula is C21H29BrN2O. The highest BCUT2D eigenvalue weighted by Gasteiger charge is 2.55. The van der Waals surface area contributed by atoms with Crippen LogP contribution in [0.15, 0.2) is 33.8 Å². The van der Waals surface area contributed by atoms with E-state index in [0.717, 1.165) is 41.7 Å². The fraction of sp³-hybridized carbons (Fsp3) is 0.524. The van der Waals surface area contributed by atoms with Gasteiger partial charge in [-0.3, -0.25) is 4.90 Å². The minimum Gasteiger partial charge on any atom is -0.473 e. The second-order valence-corrected chi connectivity index (χ2v) is 8.82. The van der Waals surface area contributed by atoms with Crippen molar-refractivity contribution in [2.75, 3.05) is 19.3 Å². The Kier molecular flexibility index (Phi) is 5.04. The van der Waals surface area contributed by atoms with Gasteiger partial charge in [-0.2, -0.15) is 0 Å². The largest absolute Gasteiger partial charge is 0.473 e. The molecule has 136 valence electrons. The summed E-state index contributed by atoms with van der Waals surface area (Å²) in [4.78, 5) is 2.33. The molecule has 3 rings (SSSR count). The van der Waals surface area contributed by atoms with Gasteiger partial charge in [-0.25, -0.2) is 0 Å². The van der Waals surface area contributed by atoms with E-state index in [4.69, 9.17) is 10.5 Å². The third kappa shape index (κ3) is 3.15. The van der Waals surface area contributed by atoms with Gasteiger partial charge in [0.1, 0.15) is 5.75 Å². The van der Waals surface area contributed by atoms with Crippen LogP contribution in [0, 0.1) is 0 Å². The van der Waals surface area contributed by atoms with E-state index in [1.54, 1.807) is 0 Å². The molecule has 1 fully saturated rings. The number of rotatable bonds is 4. The molecule has 3 nitrogen and oxygen atoms in total. The summed E-state index contributed by atoms with van der Waals surface area (Å²) in [7, 11) is 2.15. The van der Waals surface area contributed by atoms with Crippen LogP contribution in [-0.4, -0.2) is 24.7 Å². The quantitative estimate of drug-likeness (QED) is 0.554. The highest BCUT2D eigenvalue weighted by molar-refractivity contribution is 9.10. The lowest BCUT2D eigenvalue weighted by Crippen LogP contribution is -2.40. The molecule has 0 radical (unpaired) electrons. The number of allylic oxidation sites excluding steroid dienone is 4. The van der Waals surface area contributed by atoms with E-state index in [0.29, 0.717) is 0 Å². The fourth-order valence-electron chi connectivity index (χ4n) is 4.09. The predicted octanol–water partition coefficient (Wildman–Crippen LogP) is 5.19. The first-order valence-electron chi connectivity index (χ1n) is 9.01. The Labute approximate surface area is 160 Å². The van der Waals surface area contributed by atoms with Crippen molar-refractivity contribution in [1.29, 1.82) is 0 Å². The number of nitrogen functional groups attached to an aromatic ring is 1. The highest BCUT2D eigenvalue weighted by Crippen LogP contribution is 2.57. The van der Waals surface area contributed by atoms with E-state index in [1.807, 2.05) is 0 Å². The summed E-state index contributed by atoms with van der Waals surface area (Å²) in [6, 6.07) is 2.13. The van der Waals surface area contributed by atoms with E-state index in [-0.39, 0.29) is 11.6 Å². The molecule has 0 aliphatic carbocycles. The van der Waals surface area contributed by atoms with Crippen LogP contribution in [0.2, 0.25) is 0 Å². The number of likely N-dealkylation sites (N-methyl/N-ethyl adjacent to an activating group) is 1. The zero-order valence-corrected chi connectivity index (χ0v) is 17.5. The molecule has 0 unspecified atom stereocenters. The Morgan fingerprint density at radius 2 is 2.00 bits per heavy atom. The standard InChI is InChI=1S/C21H29BrN2O/c1-13(2)6-7-15-12-16(22)18(23)17-19(15)25-20-21(17,9-8-14(3)4)10-11-24(20)5/h6,8,12,20H,7,9-11,23H2,1-5H3/t20-,21+/m1/s1. The van der Waals surface area contributed by atoms with Gasteiger partial charge in [-0.15, -0.1) is 0 Å². The lowest BCUT2D eigenvalue weighted by atomic mass is 9.75. The van der Waals surface area contributed by atoms with Gasteiger partial charge in [0.25, 0.3) is 0 Å². The predicted molar refractivity (Wildman–Crippen MR) is 109 cm³/mol. The van der Waals surface area contributed by atoms with Crippen LogP contribution in [0.25, 0.3) is 0 Å². The first-order valence-corrected chi connectivity index (χ1v) is 9.80. The SMILES string of the molecule is CC(C)=CCc1cc(Br)c(N)c2c1O[C@H]1N(C)CC[C@@]21CC=C(C)C. The first-order chi connectivity index (χ1) is 11.8. The van der Waals surface area contributed by atoms with Gasteiger partial charge in [0, 0.05) is 16.6 Å². The van der Waals surface area contributed by atoms with E-state index in [1.165, 1.54) is 22.3 Å². The minimum atomic E-state index is -0.0467. The van der Waals surface area contributed by atoms with Crippen LogP contribution in [0.3, 0.4) is 0 Å². The molecule has 25 heavy (non-hydrogen) atoms. The summed E-state index contributed by atoms with van der Waals surface area (Å²) >= 11 is 3.69. The van der Waals surface area contributed by atoms with Crippen LogP contribution < -0.4 is 10.5 Å².